The fourth-order valence-electron chi connectivity index (χ4n) is 3.28. The summed E-state index contributed by atoms with van der Waals surface area (Å²) in [7, 11) is 0. The van der Waals surface area contributed by atoms with Crippen LogP contribution in [0.25, 0.3) is 0 Å². The second-order valence-corrected chi connectivity index (χ2v) is 7.50. The van der Waals surface area contributed by atoms with Gasteiger partial charge in [-0.2, -0.15) is 0 Å². The molecule has 0 bridgehead atoms. The second-order valence-electron chi connectivity index (χ2n) is 6.93. The molecular weight excluding hydrogens is 400 g/mol. The van der Waals surface area contributed by atoms with Crippen LogP contribution in [-0.2, 0) is 24.9 Å². The molecule has 0 atom stereocenters. The lowest BCUT2D eigenvalue weighted by Crippen LogP contribution is -2.34. The molecule has 0 unspecified atom stereocenters. The summed E-state index contributed by atoms with van der Waals surface area (Å²) in [5.74, 6) is 2.88. The maximum atomic E-state index is 11.3. The normalized spacial score (nSPS) is 16.5. The first-order valence-corrected chi connectivity index (χ1v) is 9.94. The van der Waals surface area contributed by atoms with Crippen molar-refractivity contribution in [3.63, 3.8) is 0 Å². The van der Waals surface area contributed by atoms with Crippen molar-refractivity contribution in [2.75, 3.05) is 6.54 Å². The van der Waals surface area contributed by atoms with Crippen molar-refractivity contribution in [2.45, 2.75) is 50.6 Å². The van der Waals surface area contributed by atoms with Crippen LogP contribution in [0.1, 0.15) is 52.8 Å². The van der Waals surface area contributed by atoms with Gasteiger partial charge in [-0.1, -0.05) is 22.0 Å². The van der Waals surface area contributed by atoms with Crippen LogP contribution in [0.5, 0.6) is 5.75 Å². The van der Waals surface area contributed by atoms with E-state index >= 15 is 0 Å². The van der Waals surface area contributed by atoms with Gasteiger partial charge in [0.25, 0.3) is 0 Å². The van der Waals surface area contributed by atoms with E-state index in [-0.39, 0.29) is 0 Å². The Morgan fingerprint density at radius 1 is 1.42 bits per heavy atom. The fourth-order valence-corrected chi connectivity index (χ4v) is 3.71. The lowest BCUT2D eigenvalue weighted by molar-refractivity contribution is 0.140. The summed E-state index contributed by atoms with van der Waals surface area (Å²) in [5, 5.41) is 9.92. The lowest BCUT2D eigenvalue weighted by atomic mass is 9.97. The van der Waals surface area contributed by atoms with Gasteiger partial charge in [0.1, 0.15) is 23.8 Å². The van der Waals surface area contributed by atoms with Crippen LogP contribution in [0, 0.1) is 6.92 Å². The van der Waals surface area contributed by atoms with Crippen molar-refractivity contribution < 1.29 is 19.1 Å². The highest BCUT2D eigenvalue weighted by atomic mass is 79.9. The van der Waals surface area contributed by atoms with Gasteiger partial charge in [-0.25, -0.2) is 9.78 Å². The molecule has 0 saturated heterocycles. The molecule has 1 amide bonds. The number of benzene rings is 1. The molecule has 1 saturated carbocycles. The van der Waals surface area contributed by atoms with Gasteiger partial charge < -0.3 is 19.2 Å². The topological polar surface area (TPSA) is 75.8 Å². The molecule has 6 nitrogen and oxygen atoms in total. The number of ether oxygens (including phenoxy) is 1. The standard InChI is InChI=1S/C19H21BrN2O4/c1-11-16(21-18(26-11)12-2-3-12)10-25-17-7-15-9-22(19(23)24)5-4-13(15)6-14(17)8-20/h6-7,12H,2-5,8-10H2,1H3,(H,23,24). The fraction of sp³-hybridized carbons (Fsp3) is 0.474. The van der Waals surface area contributed by atoms with Gasteiger partial charge in [0, 0.05) is 29.9 Å². The van der Waals surface area contributed by atoms with E-state index in [0.29, 0.717) is 30.9 Å². The van der Waals surface area contributed by atoms with Crippen molar-refractivity contribution in [1.29, 1.82) is 0 Å². The zero-order valence-electron chi connectivity index (χ0n) is 14.6. The predicted molar refractivity (Wildman–Crippen MR) is 98.8 cm³/mol. The van der Waals surface area contributed by atoms with E-state index in [4.69, 9.17) is 9.15 Å². The maximum Gasteiger partial charge on any atom is 0.407 e. The van der Waals surface area contributed by atoms with Gasteiger partial charge in [-0.05, 0) is 43.4 Å². The van der Waals surface area contributed by atoms with E-state index in [2.05, 4.69) is 27.0 Å². The molecule has 2 heterocycles. The summed E-state index contributed by atoms with van der Waals surface area (Å²) >= 11 is 3.52. The number of aryl methyl sites for hydroxylation is 1. The molecule has 1 aliphatic heterocycles. The van der Waals surface area contributed by atoms with E-state index < -0.39 is 6.09 Å². The average molecular weight is 421 g/mol. The first-order valence-electron chi connectivity index (χ1n) is 8.82. The number of carboxylic acid groups (broad SMARTS) is 1. The number of alkyl halides is 1. The van der Waals surface area contributed by atoms with Crippen molar-refractivity contribution >= 4 is 22.0 Å². The van der Waals surface area contributed by atoms with Crippen LogP contribution in [-0.4, -0.2) is 27.6 Å². The van der Waals surface area contributed by atoms with E-state index in [1.165, 1.54) is 10.5 Å². The minimum Gasteiger partial charge on any atom is -0.487 e. The first kappa shape index (κ1) is 17.4. The molecule has 2 aliphatic rings. The van der Waals surface area contributed by atoms with Gasteiger partial charge in [0.2, 0.25) is 0 Å². The number of aromatic nitrogens is 1. The smallest absolute Gasteiger partial charge is 0.407 e. The van der Waals surface area contributed by atoms with Gasteiger partial charge in [0.15, 0.2) is 5.89 Å². The number of oxazole rings is 1. The molecule has 1 fully saturated rings. The molecule has 2 aromatic rings. The number of rotatable bonds is 5. The SMILES string of the molecule is Cc1oc(C2CC2)nc1COc1cc2c(cc1CBr)CCN(C(=O)O)C2. The van der Waals surface area contributed by atoms with Crippen molar-refractivity contribution in [2.24, 2.45) is 0 Å². The number of hydrogen-bond acceptors (Lipinski definition) is 4. The molecule has 4 rings (SSSR count). The van der Waals surface area contributed by atoms with Crippen LogP contribution < -0.4 is 4.74 Å². The van der Waals surface area contributed by atoms with Crippen LogP contribution in [0.15, 0.2) is 16.5 Å². The Morgan fingerprint density at radius 3 is 2.92 bits per heavy atom. The van der Waals surface area contributed by atoms with Crippen LogP contribution in [0.2, 0.25) is 0 Å². The Bertz CT molecular complexity index is 844. The number of nitrogens with zero attached hydrogens (tertiary/aromatic N) is 2. The monoisotopic (exact) mass is 420 g/mol. The number of halogens is 1. The second kappa shape index (κ2) is 6.95. The molecule has 0 spiro atoms. The molecule has 26 heavy (non-hydrogen) atoms. The number of amides is 1. The first-order chi connectivity index (χ1) is 12.5. The molecule has 1 aliphatic carbocycles. The minimum absolute atomic E-state index is 0.351. The minimum atomic E-state index is -0.881. The van der Waals surface area contributed by atoms with Gasteiger partial charge >= 0.3 is 6.09 Å². The number of fused-ring (bicyclic) bond motifs is 1. The average Bonchev–Trinajstić information content (AvgIpc) is 3.42. The van der Waals surface area contributed by atoms with Crippen molar-refractivity contribution in [3.05, 3.63) is 46.2 Å². The molecule has 138 valence electrons. The third-order valence-electron chi connectivity index (χ3n) is 5.01. The molecule has 1 aromatic heterocycles. The summed E-state index contributed by atoms with van der Waals surface area (Å²) in [6.45, 7) is 3.20. The third-order valence-corrected chi connectivity index (χ3v) is 5.61. The zero-order chi connectivity index (χ0) is 18.3. The van der Waals surface area contributed by atoms with E-state index in [1.807, 2.05) is 13.0 Å². The van der Waals surface area contributed by atoms with Crippen molar-refractivity contribution in [3.8, 4) is 5.75 Å². The molecule has 7 heteroatoms. The molecule has 0 radical (unpaired) electrons. The van der Waals surface area contributed by atoms with Crippen LogP contribution in [0.3, 0.4) is 0 Å². The highest BCUT2D eigenvalue weighted by Crippen LogP contribution is 2.40. The van der Waals surface area contributed by atoms with Crippen molar-refractivity contribution in [1.82, 2.24) is 9.88 Å². The van der Waals surface area contributed by atoms with E-state index in [0.717, 1.165) is 53.5 Å². The third kappa shape index (κ3) is 3.45. The van der Waals surface area contributed by atoms with Gasteiger partial charge in [-0.15, -0.1) is 0 Å². The predicted octanol–water partition coefficient (Wildman–Crippen LogP) is 4.37. The van der Waals surface area contributed by atoms with E-state index in [1.54, 1.807) is 0 Å². The summed E-state index contributed by atoms with van der Waals surface area (Å²) < 4.78 is 11.8. The Morgan fingerprint density at radius 2 is 2.23 bits per heavy atom. The zero-order valence-corrected chi connectivity index (χ0v) is 16.2. The summed E-state index contributed by atoms with van der Waals surface area (Å²) in [4.78, 5) is 17.3. The molecular formula is C19H21BrN2O4. The van der Waals surface area contributed by atoms with E-state index in [9.17, 15) is 9.90 Å². The highest BCUT2D eigenvalue weighted by molar-refractivity contribution is 9.08. The Hall–Kier alpha value is -2.02. The quantitative estimate of drug-likeness (QED) is 0.726. The summed E-state index contributed by atoms with van der Waals surface area (Å²) in [6.07, 6.45) is 2.15. The lowest BCUT2D eigenvalue weighted by Gasteiger charge is -2.27. The van der Waals surface area contributed by atoms with Crippen LogP contribution in [0.4, 0.5) is 4.79 Å². The largest absolute Gasteiger partial charge is 0.487 e. The van der Waals surface area contributed by atoms with Gasteiger partial charge in [0.05, 0.1) is 0 Å². The highest BCUT2D eigenvalue weighted by Gasteiger charge is 2.29. The van der Waals surface area contributed by atoms with Gasteiger partial charge in [-0.3, -0.25) is 0 Å². The Balaban J connectivity index is 1.54. The Labute approximate surface area is 160 Å². The molecule has 1 N–H and O–H groups in total. The number of hydrogen-bond donors (Lipinski definition) is 1. The number of carbonyl (C=O) groups is 1. The maximum absolute atomic E-state index is 11.3. The summed E-state index contributed by atoms with van der Waals surface area (Å²) in [5.41, 5.74) is 4.10. The Kier molecular flexibility index (Phi) is 4.65. The summed E-state index contributed by atoms with van der Waals surface area (Å²) in [6, 6.07) is 4.09. The molecule has 1 aromatic carbocycles. The van der Waals surface area contributed by atoms with Crippen LogP contribution >= 0.6 is 15.9 Å².